The van der Waals surface area contributed by atoms with Gasteiger partial charge in [-0.15, -0.1) is 23.7 Å². The molecule has 1 aromatic rings. The monoisotopic (exact) mass is 395 g/mol. The number of nitrogens with one attached hydrogen (secondary N) is 1. The molecule has 138 valence electrons. The summed E-state index contributed by atoms with van der Waals surface area (Å²) in [6, 6.07) is 1.74. The average Bonchev–Trinajstić information content (AvgIpc) is 2.87. The van der Waals surface area contributed by atoms with Crippen molar-refractivity contribution in [2.24, 2.45) is 0 Å². The first-order valence-corrected chi connectivity index (χ1v) is 10.1. The van der Waals surface area contributed by atoms with E-state index in [4.69, 9.17) is 0 Å². The Morgan fingerprint density at radius 2 is 1.88 bits per heavy atom. The van der Waals surface area contributed by atoms with E-state index in [1.165, 1.54) is 15.6 Å². The predicted octanol–water partition coefficient (Wildman–Crippen LogP) is 1.62. The summed E-state index contributed by atoms with van der Waals surface area (Å²) in [6.07, 6.45) is 1.32. The van der Waals surface area contributed by atoms with Crippen molar-refractivity contribution in [2.75, 3.05) is 39.8 Å². The molecule has 0 unspecified atom stereocenters. The van der Waals surface area contributed by atoms with Crippen molar-refractivity contribution in [1.29, 1.82) is 0 Å². The number of nitrogens with zero attached hydrogens (tertiary/aromatic N) is 2. The van der Waals surface area contributed by atoms with E-state index in [0.717, 1.165) is 22.7 Å². The van der Waals surface area contributed by atoms with E-state index >= 15 is 0 Å². The summed E-state index contributed by atoms with van der Waals surface area (Å²) in [7, 11) is -1.58. The molecule has 1 fully saturated rings. The quantitative estimate of drug-likeness (QED) is 0.743. The number of thiophene rings is 1. The molecule has 1 aromatic heterocycles. The van der Waals surface area contributed by atoms with Crippen molar-refractivity contribution in [3.63, 3.8) is 0 Å². The normalized spacial score (nSPS) is 16.0. The fourth-order valence-electron chi connectivity index (χ4n) is 2.76. The van der Waals surface area contributed by atoms with Gasteiger partial charge in [-0.2, -0.15) is 4.31 Å². The summed E-state index contributed by atoms with van der Waals surface area (Å²) >= 11 is 1.50. The molecule has 0 bridgehead atoms. The molecule has 0 aliphatic carbocycles. The minimum absolute atomic E-state index is 0. The third-order valence-electron chi connectivity index (χ3n) is 4.02. The van der Waals surface area contributed by atoms with Crippen molar-refractivity contribution in [2.45, 2.75) is 31.6 Å². The molecule has 0 spiro atoms. The van der Waals surface area contributed by atoms with Gasteiger partial charge in [-0.1, -0.05) is 0 Å². The summed E-state index contributed by atoms with van der Waals surface area (Å²) in [5, 5.41) is 3.02. The van der Waals surface area contributed by atoms with E-state index in [9.17, 15) is 13.2 Å². The number of halogens is 1. The Labute approximate surface area is 154 Å². The lowest BCUT2D eigenvalue weighted by atomic mass is 10.2. The molecule has 0 aromatic carbocycles. The van der Waals surface area contributed by atoms with Crippen LogP contribution in [0.2, 0.25) is 0 Å². The molecule has 1 N–H and O–H groups in total. The molecule has 0 radical (unpaired) electrons. The number of hydrogen-bond acceptors (Lipinski definition) is 5. The molecule has 2 heterocycles. The van der Waals surface area contributed by atoms with Crippen LogP contribution in [0.5, 0.6) is 0 Å². The summed E-state index contributed by atoms with van der Waals surface area (Å²) in [5.74, 6) is 0.111. The molecular formula is C15H26ClN3O3S2. The zero-order chi connectivity index (χ0) is 17.0. The van der Waals surface area contributed by atoms with Crippen molar-refractivity contribution >= 4 is 39.7 Å². The lowest BCUT2D eigenvalue weighted by molar-refractivity contribution is -0.132. The van der Waals surface area contributed by atoms with Crippen LogP contribution >= 0.6 is 23.7 Å². The van der Waals surface area contributed by atoms with E-state index in [1.807, 2.05) is 20.9 Å². The SMILES string of the molecule is CNCCCC(=O)N1CCN(S(=O)(=O)c2cc(C)sc2C)CC1.Cl. The fraction of sp³-hybridized carbons (Fsp3) is 0.667. The van der Waals surface area contributed by atoms with Gasteiger partial charge in [-0.05, 0) is 39.9 Å². The third-order valence-corrected chi connectivity index (χ3v) is 7.14. The number of rotatable bonds is 6. The highest BCUT2D eigenvalue weighted by molar-refractivity contribution is 7.89. The second kappa shape index (κ2) is 9.15. The summed E-state index contributed by atoms with van der Waals surface area (Å²) < 4.78 is 27.0. The summed E-state index contributed by atoms with van der Waals surface area (Å²) in [6.45, 7) is 6.25. The van der Waals surface area contributed by atoms with Crippen LogP contribution < -0.4 is 5.32 Å². The highest BCUT2D eigenvalue weighted by Gasteiger charge is 2.31. The molecule has 0 saturated carbocycles. The van der Waals surface area contributed by atoms with Gasteiger partial charge in [0.2, 0.25) is 15.9 Å². The maximum Gasteiger partial charge on any atom is 0.244 e. The topological polar surface area (TPSA) is 69.7 Å². The van der Waals surface area contributed by atoms with Crippen molar-refractivity contribution in [3.8, 4) is 0 Å². The van der Waals surface area contributed by atoms with Crippen LogP contribution in [0.15, 0.2) is 11.0 Å². The minimum Gasteiger partial charge on any atom is -0.340 e. The van der Waals surface area contributed by atoms with Crippen LogP contribution in [0.4, 0.5) is 0 Å². The Morgan fingerprint density at radius 3 is 2.38 bits per heavy atom. The van der Waals surface area contributed by atoms with E-state index in [2.05, 4.69) is 5.32 Å². The van der Waals surface area contributed by atoms with Gasteiger partial charge in [-0.25, -0.2) is 8.42 Å². The van der Waals surface area contributed by atoms with Gasteiger partial charge in [0, 0.05) is 42.4 Å². The number of sulfonamides is 1. The summed E-state index contributed by atoms with van der Waals surface area (Å²) in [4.78, 5) is 16.1. The van der Waals surface area contributed by atoms with Crippen molar-refractivity contribution in [3.05, 3.63) is 15.8 Å². The molecule has 1 saturated heterocycles. The smallest absolute Gasteiger partial charge is 0.244 e. The van der Waals surface area contributed by atoms with Crippen LogP contribution in [-0.2, 0) is 14.8 Å². The molecule has 0 atom stereocenters. The van der Waals surface area contributed by atoms with Crippen molar-refractivity contribution < 1.29 is 13.2 Å². The molecule has 9 heteroatoms. The first-order chi connectivity index (χ1) is 10.9. The van der Waals surface area contributed by atoms with Gasteiger partial charge in [0.25, 0.3) is 0 Å². The first-order valence-electron chi connectivity index (χ1n) is 7.86. The van der Waals surface area contributed by atoms with Crippen LogP contribution in [-0.4, -0.2) is 63.3 Å². The maximum atomic E-state index is 12.7. The van der Waals surface area contributed by atoms with Gasteiger partial charge in [0.15, 0.2) is 0 Å². The van der Waals surface area contributed by atoms with Gasteiger partial charge >= 0.3 is 0 Å². The number of carbonyl (C=O) groups excluding carboxylic acids is 1. The second-order valence-corrected chi connectivity index (χ2v) is 9.14. The number of piperazine rings is 1. The van der Waals surface area contributed by atoms with E-state index in [1.54, 1.807) is 11.0 Å². The molecule has 6 nitrogen and oxygen atoms in total. The number of carbonyl (C=O) groups is 1. The zero-order valence-electron chi connectivity index (χ0n) is 14.4. The van der Waals surface area contributed by atoms with Gasteiger partial charge < -0.3 is 10.2 Å². The lowest BCUT2D eigenvalue weighted by Crippen LogP contribution is -2.50. The number of amides is 1. The van der Waals surface area contributed by atoms with Crippen molar-refractivity contribution in [1.82, 2.24) is 14.5 Å². The predicted molar refractivity (Wildman–Crippen MR) is 99.5 cm³/mol. The average molecular weight is 396 g/mol. The Bertz CT molecular complexity index is 653. The largest absolute Gasteiger partial charge is 0.340 e. The van der Waals surface area contributed by atoms with Crippen LogP contribution in [0.3, 0.4) is 0 Å². The Morgan fingerprint density at radius 1 is 1.25 bits per heavy atom. The minimum atomic E-state index is -3.45. The van der Waals surface area contributed by atoms with Crippen LogP contribution in [0.1, 0.15) is 22.6 Å². The molecule has 1 amide bonds. The highest BCUT2D eigenvalue weighted by Crippen LogP contribution is 2.28. The maximum absolute atomic E-state index is 12.7. The van der Waals surface area contributed by atoms with Crippen LogP contribution in [0, 0.1) is 13.8 Å². The molecular weight excluding hydrogens is 370 g/mol. The van der Waals surface area contributed by atoms with Crippen LogP contribution in [0.25, 0.3) is 0 Å². The Kier molecular flexibility index (Phi) is 8.14. The molecule has 2 rings (SSSR count). The Hall–Kier alpha value is -0.670. The molecule has 1 aliphatic rings. The van der Waals surface area contributed by atoms with E-state index < -0.39 is 10.0 Å². The summed E-state index contributed by atoms with van der Waals surface area (Å²) in [5.41, 5.74) is 0. The van der Waals surface area contributed by atoms with Gasteiger partial charge in [-0.3, -0.25) is 4.79 Å². The lowest BCUT2D eigenvalue weighted by Gasteiger charge is -2.34. The van der Waals surface area contributed by atoms with E-state index in [0.29, 0.717) is 37.5 Å². The molecule has 24 heavy (non-hydrogen) atoms. The fourth-order valence-corrected chi connectivity index (χ4v) is 5.70. The molecule has 1 aliphatic heterocycles. The highest BCUT2D eigenvalue weighted by atomic mass is 35.5. The second-order valence-electron chi connectivity index (χ2n) is 5.77. The van der Waals surface area contributed by atoms with Gasteiger partial charge in [0.1, 0.15) is 0 Å². The van der Waals surface area contributed by atoms with Gasteiger partial charge in [0.05, 0.1) is 4.90 Å². The Balaban J connectivity index is 0.00000288. The number of aryl methyl sites for hydroxylation is 2. The number of hydrogen-bond donors (Lipinski definition) is 1. The standard InChI is InChI=1S/C15H25N3O3S2.ClH/c1-12-11-14(13(2)22-12)23(20,21)18-9-7-17(8-10-18)15(19)5-4-6-16-3;/h11,16H,4-10H2,1-3H3;1H. The zero-order valence-corrected chi connectivity index (χ0v) is 16.8. The van der Waals surface area contributed by atoms with E-state index in [-0.39, 0.29) is 18.3 Å². The first kappa shape index (κ1) is 21.4. The third kappa shape index (κ3) is 4.92.